The molecule has 0 aromatic rings. The minimum atomic E-state index is -0.547. The number of ether oxygens (including phenoxy) is 1. The quantitative estimate of drug-likeness (QED) is 0.394. The van der Waals surface area contributed by atoms with Gasteiger partial charge in [0.15, 0.2) is 0 Å². The van der Waals surface area contributed by atoms with E-state index in [4.69, 9.17) is 27.5 Å². The Morgan fingerprint density at radius 2 is 2.36 bits per heavy atom. The molecule has 0 unspecified atom stereocenters. The number of amidine groups is 1. The van der Waals surface area contributed by atoms with E-state index in [-0.39, 0.29) is 17.6 Å². The molecule has 14 heavy (non-hydrogen) atoms. The van der Waals surface area contributed by atoms with E-state index in [0.717, 1.165) is 0 Å². The first-order valence-corrected chi connectivity index (χ1v) is 4.40. The third-order valence-corrected chi connectivity index (χ3v) is 1.96. The number of hydrogen-bond acceptors (Lipinski definition) is 4. The van der Waals surface area contributed by atoms with Gasteiger partial charge in [-0.1, -0.05) is 11.6 Å². The van der Waals surface area contributed by atoms with Crippen molar-refractivity contribution in [3.05, 3.63) is 11.2 Å². The van der Waals surface area contributed by atoms with Gasteiger partial charge in [0.2, 0.25) is 0 Å². The first-order valence-electron chi connectivity index (χ1n) is 4.03. The van der Waals surface area contributed by atoms with Gasteiger partial charge in [0.1, 0.15) is 17.6 Å². The van der Waals surface area contributed by atoms with Crippen molar-refractivity contribution in [2.24, 2.45) is 5.73 Å². The van der Waals surface area contributed by atoms with Crippen LogP contribution in [0.15, 0.2) is 11.2 Å². The van der Waals surface area contributed by atoms with Crippen LogP contribution in [0.3, 0.4) is 0 Å². The summed E-state index contributed by atoms with van der Waals surface area (Å²) in [4.78, 5) is 12.5. The monoisotopic (exact) mass is 217 g/mol. The maximum atomic E-state index is 11.3. The number of nitrogens with zero attached hydrogens (tertiary/aromatic N) is 1. The normalized spacial score (nSPS) is 20.9. The lowest BCUT2D eigenvalue weighted by Crippen LogP contribution is -2.45. The van der Waals surface area contributed by atoms with Crippen LogP contribution >= 0.6 is 11.6 Å². The number of nitrogens with one attached hydrogen (secondary N) is 1. The van der Waals surface area contributed by atoms with Gasteiger partial charge in [-0.05, 0) is 13.8 Å². The van der Waals surface area contributed by atoms with Crippen LogP contribution in [0.5, 0.6) is 0 Å². The van der Waals surface area contributed by atoms with E-state index >= 15 is 0 Å². The van der Waals surface area contributed by atoms with Crippen molar-refractivity contribution >= 4 is 23.5 Å². The fourth-order valence-electron chi connectivity index (χ4n) is 1.23. The zero-order valence-corrected chi connectivity index (χ0v) is 8.76. The summed E-state index contributed by atoms with van der Waals surface area (Å²) in [6, 6.07) is 0. The molecule has 1 amide bonds. The molecule has 1 aliphatic heterocycles. The van der Waals surface area contributed by atoms with Crippen LogP contribution in [-0.2, 0) is 4.74 Å². The van der Waals surface area contributed by atoms with Crippen molar-refractivity contribution in [3.63, 3.8) is 0 Å². The number of halogens is 1. The van der Waals surface area contributed by atoms with E-state index < -0.39 is 11.6 Å². The zero-order valence-electron chi connectivity index (χ0n) is 8.00. The summed E-state index contributed by atoms with van der Waals surface area (Å²) >= 11 is 5.41. The van der Waals surface area contributed by atoms with Crippen molar-refractivity contribution in [1.82, 2.24) is 4.90 Å². The van der Waals surface area contributed by atoms with Crippen LogP contribution in [0.2, 0.25) is 0 Å². The lowest BCUT2D eigenvalue weighted by molar-refractivity contribution is 0.168. The Morgan fingerprint density at radius 1 is 1.79 bits per heavy atom. The van der Waals surface area contributed by atoms with Crippen molar-refractivity contribution in [1.29, 1.82) is 5.41 Å². The van der Waals surface area contributed by atoms with Gasteiger partial charge in [-0.15, -0.1) is 0 Å². The number of rotatable bonds is 1. The topological polar surface area (TPSA) is 79.4 Å². The Morgan fingerprint density at radius 3 is 2.71 bits per heavy atom. The van der Waals surface area contributed by atoms with Gasteiger partial charge in [-0.25, -0.2) is 4.79 Å². The summed E-state index contributed by atoms with van der Waals surface area (Å²) < 4.78 is 4.82. The highest BCUT2D eigenvalue weighted by molar-refractivity contribution is 6.30. The fraction of sp³-hybridized carbons (Fsp3) is 0.500. The standard InChI is InChI=1S/C8H12ClN3O2/c1-8(2)4-14-7(13)12(8)6(11)3-5(9)10/h3,11H,4,10H2,1-2H3/b5-3-,11-6?. The molecule has 0 saturated carbocycles. The second kappa shape index (κ2) is 3.49. The molecule has 1 saturated heterocycles. The summed E-state index contributed by atoms with van der Waals surface area (Å²) in [6.07, 6.45) is 0.657. The average Bonchev–Trinajstić information content (AvgIpc) is 2.24. The van der Waals surface area contributed by atoms with Gasteiger partial charge in [0.25, 0.3) is 0 Å². The number of carbonyl (C=O) groups excluding carboxylic acids is 1. The van der Waals surface area contributed by atoms with Crippen LogP contribution in [0.1, 0.15) is 13.8 Å². The molecule has 0 aromatic carbocycles. The van der Waals surface area contributed by atoms with E-state index in [1.807, 2.05) is 0 Å². The molecular weight excluding hydrogens is 206 g/mol. The van der Waals surface area contributed by atoms with E-state index in [1.165, 1.54) is 11.0 Å². The van der Waals surface area contributed by atoms with E-state index in [2.05, 4.69) is 0 Å². The molecule has 78 valence electrons. The predicted octanol–water partition coefficient (Wildman–Crippen LogP) is 1.23. The van der Waals surface area contributed by atoms with Gasteiger partial charge in [0.05, 0.1) is 5.54 Å². The molecule has 0 spiro atoms. The van der Waals surface area contributed by atoms with Crippen LogP contribution in [0.25, 0.3) is 0 Å². The molecule has 6 heteroatoms. The van der Waals surface area contributed by atoms with E-state index in [0.29, 0.717) is 0 Å². The van der Waals surface area contributed by atoms with Crippen LogP contribution in [-0.4, -0.2) is 29.0 Å². The molecule has 0 aromatic heterocycles. The van der Waals surface area contributed by atoms with Gasteiger partial charge in [0, 0.05) is 6.08 Å². The van der Waals surface area contributed by atoms with Crippen molar-refractivity contribution in [2.75, 3.05) is 6.61 Å². The SMILES string of the molecule is CC1(C)COC(=O)N1C(=N)/C=C(\N)Cl. The molecule has 0 bridgehead atoms. The Bertz CT molecular complexity index is 308. The van der Waals surface area contributed by atoms with E-state index in [9.17, 15) is 4.79 Å². The summed E-state index contributed by atoms with van der Waals surface area (Å²) in [6.45, 7) is 3.85. The Hall–Kier alpha value is -1.23. The minimum absolute atomic E-state index is 0.0366. The first kappa shape index (κ1) is 10.8. The van der Waals surface area contributed by atoms with Gasteiger partial charge in [-0.2, -0.15) is 0 Å². The summed E-state index contributed by atoms with van der Waals surface area (Å²) in [5.41, 5.74) is 4.67. The highest BCUT2D eigenvalue weighted by Crippen LogP contribution is 2.23. The third kappa shape index (κ3) is 1.98. The molecule has 0 aliphatic carbocycles. The van der Waals surface area contributed by atoms with Gasteiger partial charge >= 0.3 is 6.09 Å². The Labute approximate surface area is 87.0 Å². The van der Waals surface area contributed by atoms with Gasteiger partial charge in [-0.3, -0.25) is 10.3 Å². The maximum absolute atomic E-state index is 11.3. The fourth-order valence-corrected chi connectivity index (χ4v) is 1.34. The molecule has 0 radical (unpaired) electrons. The lowest BCUT2D eigenvalue weighted by atomic mass is 10.1. The van der Waals surface area contributed by atoms with E-state index in [1.54, 1.807) is 13.8 Å². The predicted molar refractivity (Wildman–Crippen MR) is 53.1 cm³/mol. The molecule has 5 nitrogen and oxygen atoms in total. The smallest absolute Gasteiger partial charge is 0.416 e. The highest BCUT2D eigenvalue weighted by atomic mass is 35.5. The van der Waals surface area contributed by atoms with Crippen molar-refractivity contribution in [2.45, 2.75) is 19.4 Å². The number of nitrogens with two attached hydrogens (primary N) is 1. The third-order valence-electron chi connectivity index (χ3n) is 1.85. The number of carbonyl (C=O) groups is 1. The molecule has 1 rings (SSSR count). The Kier molecular flexibility index (Phi) is 2.71. The van der Waals surface area contributed by atoms with Crippen LogP contribution in [0, 0.1) is 5.41 Å². The molecule has 3 N–H and O–H groups in total. The lowest BCUT2D eigenvalue weighted by Gasteiger charge is -2.26. The minimum Gasteiger partial charge on any atom is -0.447 e. The number of hydrogen-bond donors (Lipinski definition) is 2. The first-order chi connectivity index (χ1) is 6.34. The van der Waals surface area contributed by atoms with Crippen LogP contribution in [0.4, 0.5) is 4.79 Å². The largest absolute Gasteiger partial charge is 0.447 e. The Balaban J connectivity index is 2.91. The van der Waals surface area contributed by atoms with Crippen molar-refractivity contribution < 1.29 is 9.53 Å². The second-order valence-corrected chi connectivity index (χ2v) is 4.05. The van der Waals surface area contributed by atoms with Gasteiger partial charge < -0.3 is 10.5 Å². The molecule has 0 atom stereocenters. The molecule has 1 aliphatic rings. The number of amides is 1. The highest BCUT2D eigenvalue weighted by Gasteiger charge is 2.41. The summed E-state index contributed by atoms with van der Waals surface area (Å²) in [5.74, 6) is -0.0648. The number of cyclic esters (lactones) is 1. The summed E-state index contributed by atoms with van der Waals surface area (Å²) in [7, 11) is 0. The molecule has 1 heterocycles. The van der Waals surface area contributed by atoms with Crippen molar-refractivity contribution in [3.8, 4) is 0 Å². The molecule has 1 fully saturated rings. The second-order valence-electron chi connectivity index (χ2n) is 3.62. The summed E-state index contributed by atoms with van der Waals surface area (Å²) in [5, 5.41) is 7.55. The zero-order chi connectivity index (χ0) is 10.9. The molecular formula is C8H12ClN3O2. The maximum Gasteiger partial charge on any atom is 0.416 e. The average molecular weight is 218 g/mol. The van der Waals surface area contributed by atoms with Crippen LogP contribution < -0.4 is 5.73 Å².